The van der Waals surface area contributed by atoms with E-state index in [1.165, 1.54) is 30.7 Å². The minimum atomic E-state index is -1.52. The van der Waals surface area contributed by atoms with Crippen molar-refractivity contribution in [2.45, 2.75) is 34.1 Å². The molecule has 0 aromatic carbocycles. The van der Waals surface area contributed by atoms with Gasteiger partial charge in [-0.25, -0.2) is 0 Å². The Hall–Kier alpha value is -1.36. The smallest absolute Gasteiger partial charge is 0.307 e. The number of rotatable bonds is 7. The van der Waals surface area contributed by atoms with Gasteiger partial charge in [0.2, 0.25) is 0 Å². The molecule has 18 heavy (non-hydrogen) atoms. The summed E-state index contributed by atoms with van der Waals surface area (Å²) in [5.41, 5.74) is -0.414. The average Bonchev–Trinajstić information content (AvgIpc) is 2.32. The average molecular weight is 259 g/mol. The van der Waals surface area contributed by atoms with Gasteiger partial charge in [-0.15, -0.1) is 0 Å². The molecule has 0 aliphatic heterocycles. The number of aliphatic carboxylic acids is 2. The van der Waals surface area contributed by atoms with Crippen molar-refractivity contribution in [3.63, 3.8) is 0 Å². The molecule has 0 aliphatic rings. The van der Waals surface area contributed by atoms with Crippen molar-refractivity contribution in [3.05, 3.63) is 12.2 Å². The number of carbonyl (C=O) groups is 2. The first-order valence-electron chi connectivity index (χ1n) is 6.24. The Balaban J connectivity index is 0. The van der Waals surface area contributed by atoms with Crippen LogP contribution in [0.15, 0.2) is 12.2 Å². The predicted octanol–water partition coefficient (Wildman–Crippen LogP) is 0.650. The highest BCUT2D eigenvalue weighted by Gasteiger charge is 2.16. The highest BCUT2D eigenvalue weighted by atomic mass is 16.4. The van der Waals surface area contributed by atoms with Crippen LogP contribution in [0.4, 0.5) is 0 Å². The maximum absolute atomic E-state index is 9.76. The van der Waals surface area contributed by atoms with Gasteiger partial charge >= 0.3 is 5.97 Å². The van der Waals surface area contributed by atoms with Gasteiger partial charge in [0.25, 0.3) is 0 Å². The lowest BCUT2D eigenvalue weighted by Gasteiger charge is -2.34. The zero-order valence-electron chi connectivity index (χ0n) is 11.9. The Morgan fingerprint density at radius 3 is 1.44 bits per heavy atom. The molecule has 0 aromatic rings. The Bertz CT molecular complexity index is 265. The van der Waals surface area contributed by atoms with Crippen molar-refractivity contribution in [2.75, 3.05) is 26.2 Å². The van der Waals surface area contributed by atoms with Gasteiger partial charge in [-0.1, -0.05) is 6.58 Å². The Morgan fingerprint density at radius 2 is 1.39 bits per heavy atom. The van der Waals surface area contributed by atoms with Crippen LogP contribution in [0.1, 0.15) is 34.1 Å². The number of quaternary nitrogens is 1. The molecule has 0 aromatic heterocycles. The third-order valence-corrected chi connectivity index (χ3v) is 3.34. The predicted molar refractivity (Wildman–Crippen MR) is 68.8 cm³/mol. The van der Waals surface area contributed by atoms with E-state index in [0.29, 0.717) is 0 Å². The van der Waals surface area contributed by atoms with Crippen LogP contribution in [0, 0.1) is 0 Å². The van der Waals surface area contributed by atoms with Crippen molar-refractivity contribution in [1.29, 1.82) is 0 Å². The fourth-order valence-corrected chi connectivity index (χ4v) is 1.60. The third kappa shape index (κ3) is 7.84. The lowest BCUT2D eigenvalue weighted by molar-refractivity contribution is -0.921. The highest BCUT2D eigenvalue weighted by Crippen LogP contribution is 2.03. The zero-order chi connectivity index (χ0) is 14.8. The van der Waals surface area contributed by atoms with E-state index in [0.717, 1.165) is 0 Å². The molecule has 0 radical (unpaired) electrons. The molecule has 106 valence electrons. The second-order valence-electron chi connectivity index (χ2n) is 4.07. The second-order valence-corrected chi connectivity index (χ2v) is 4.07. The molecule has 0 saturated heterocycles. The molecular weight excluding hydrogens is 234 g/mol. The number of hydrogen-bond acceptors (Lipinski definition) is 3. The van der Waals surface area contributed by atoms with Crippen molar-refractivity contribution in [2.24, 2.45) is 0 Å². The van der Waals surface area contributed by atoms with Gasteiger partial charge in [0.05, 0.1) is 38.6 Å². The number of nitrogens with zero attached hydrogens (tertiary/aromatic N) is 1. The molecule has 0 atom stereocenters. The summed E-state index contributed by atoms with van der Waals surface area (Å²) >= 11 is 0. The standard InChI is InChI=1S/C8H20N.C5H6O4/c1-5-9(6-2,7-3)8-4;1-3(5(8)9)2-4(6)7/h5-8H2,1-4H3;1-2H2,(H,6,7)(H,8,9)/q+1;/p-1. The van der Waals surface area contributed by atoms with E-state index in [1.807, 2.05) is 0 Å². The van der Waals surface area contributed by atoms with E-state index in [4.69, 9.17) is 5.11 Å². The number of carbonyl (C=O) groups excluding carboxylic acids is 1. The largest absolute Gasteiger partial charge is 0.545 e. The molecule has 0 heterocycles. The van der Waals surface area contributed by atoms with Crippen LogP contribution in [0.2, 0.25) is 0 Å². The first kappa shape index (κ1) is 19.0. The maximum atomic E-state index is 9.76. The maximum Gasteiger partial charge on any atom is 0.307 e. The Labute approximate surface area is 109 Å². The number of carboxylic acids is 2. The van der Waals surface area contributed by atoms with Crippen LogP contribution in [-0.4, -0.2) is 47.7 Å². The van der Waals surface area contributed by atoms with Gasteiger partial charge in [0.1, 0.15) is 0 Å². The van der Waals surface area contributed by atoms with Crippen molar-refractivity contribution < 1.29 is 24.3 Å². The minimum absolute atomic E-state index is 0.414. The van der Waals surface area contributed by atoms with E-state index in [-0.39, 0.29) is 0 Å². The molecule has 0 spiro atoms. The fourth-order valence-electron chi connectivity index (χ4n) is 1.60. The van der Waals surface area contributed by atoms with Gasteiger partial charge in [0, 0.05) is 0 Å². The molecule has 5 nitrogen and oxygen atoms in total. The monoisotopic (exact) mass is 259 g/mol. The van der Waals surface area contributed by atoms with Gasteiger partial charge in [-0.2, -0.15) is 0 Å². The summed E-state index contributed by atoms with van der Waals surface area (Å²) in [6, 6.07) is 0. The Kier molecular flexibility index (Phi) is 10.2. The molecule has 0 unspecified atom stereocenters. The van der Waals surface area contributed by atoms with E-state index in [1.54, 1.807) is 0 Å². The Morgan fingerprint density at radius 1 is 1.06 bits per heavy atom. The summed E-state index contributed by atoms with van der Waals surface area (Å²) in [7, 11) is 0. The lowest BCUT2D eigenvalue weighted by atomic mass is 10.2. The molecule has 1 N–H and O–H groups in total. The van der Waals surface area contributed by atoms with Crippen molar-refractivity contribution >= 4 is 11.9 Å². The fraction of sp³-hybridized carbons (Fsp3) is 0.692. The SMILES string of the molecule is C=C(CC(=O)O)C(=O)[O-].CC[N+](CC)(CC)CC. The zero-order valence-corrected chi connectivity index (χ0v) is 11.9. The van der Waals surface area contributed by atoms with Crippen LogP contribution < -0.4 is 5.11 Å². The molecule has 5 heteroatoms. The molecule has 0 rings (SSSR count). The van der Waals surface area contributed by atoms with E-state index in [9.17, 15) is 14.7 Å². The second kappa shape index (κ2) is 9.65. The van der Waals surface area contributed by atoms with Crippen LogP contribution >= 0.6 is 0 Å². The van der Waals surface area contributed by atoms with Gasteiger partial charge in [-0.3, -0.25) is 4.79 Å². The molecule has 0 bridgehead atoms. The lowest BCUT2D eigenvalue weighted by Crippen LogP contribution is -2.47. The summed E-state index contributed by atoms with van der Waals surface area (Å²) in [6.45, 7) is 17.2. The molecule has 0 saturated carbocycles. The number of carboxylic acid groups (broad SMARTS) is 2. The molecule has 0 fully saturated rings. The summed E-state index contributed by atoms with van der Waals surface area (Å²) in [5, 5.41) is 17.7. The number of hydrogen-bond donors (Lipinski definition) is 1. The van der Waals surface area contributed by atoms with Crippen molar-refractivity contribution in [1.82, 2.24) is 0 Å². The molecule has 0 aliphatic carbocycles. The van der Waals surface area contributed by atoms with Crippen LogP contribution in [0.3, 0.4) is 0 Å². The van der Waals surface area contributed by atoms with Gasteiger partial charge in [-0.05, 0) is 33.3 Å². The summed E-state index contributed by atoms with van der Waals surface area (Å²) in [4.78, 5) is 19.5. The van der Waals surface area contributed by atoms with Crippen molar-refractivity contribution in [3.8, 4) is 0 Å². The topological polar surface area (TPSA) is 77.4 Å². The summed E-state index contributed by atoms with van der Waals surface area (Å²) < 4.78 is 1.28. The van der Waals surface area contributed by atoms with E-state index >= 15 is 0 Å². The first-order chi connectivity index (χ1) is 8.28. The summed E-state index contributed by atoms with van der Waals surface area (Å²) in [5.74, 6) is -2.73. The third-order valence-electron chi connectivity index (χ3n) is 3.34. The van der Waals surface area contributed by atoms with Crippen LogP contribution in [0.5, 0.6) is 0 Å². The van der Waals surface area contributed by atoms with Crippen LogP contribution in [-0.2, 0) is 9.59 Å². The van der Waals surface area contributed by atoms with E-state index < -0.39 is 23.9 Å². The molecule has 0 amide bonds. The highest BCUT2D eigenvalue weighted by molar-refractivity contribution is 5.89. The minimum Gasteiger partial charge on any atom is -0.545 e. The van der Waals surface area contributed by atoms with E-state index in [2.05, 4.69) is 34.3 Å². The quantitative estimate of drug-likeness (QED) is 0.538. The van der Waals surface area contributed by atoms with Gasteiger partial charge < -0.3 is 19.5 Å². The van der Waals surface area contributed by atoms with Gasteiger partial charge in [0.15, 0.2) is 0 Å². The normalized spacial score (nSPS) is 10.2. The first-order valence-corrected chi connectivity index (χ1v) is 6.24. The summed E-state index contributed by atoms with van der Waals surface area (Å²) in [6.07, 6.45) is -0.567. The molecular formula is C13H25NO4. The van der Waals surface area contributed by atoms with Crippen LogP contribution in [0.25, 0.3) is 0 Å².